The summed E-state index contributed by atoms with van der Waals surface area (Å²) in [6.45, 7) is 3.41. The molecule has 3 heterocycles. The van der Waals surface area contributed by atoms with Crippen molar-refractivity contribution in [2.24, 2.45) is 0 Å². The van der Waals surface area contributed by atoms with E-state index in [0.29, 0.717) is 24.0 Å². The Kier molecular flexibility index (Phi) is 5.21. The maximum atomic E-state index is 12.5. The lowest BCUT2D eigenvalue weighted by Crippen LogP contribution is -2.34. The number of para-hydroxylation sites is 1. The highest BCUT2D eigenvalue weighted by Gasteiger charge is 2.21. The fourth-order valence-electron chi connectivity index (χ4n) is 3.85. The molecule has 1 aliphatic heterocycles. The van der Waals surface area contributed by atoms with Crippen LogP contribution in [-0.4, -0.2) is 45.1 Å². The molecule has 0 spiro atoms. The molecule has 1 saturated heterocycles. The minimum absolute atomic E-state index is 0.103. The fourth-order valence-corrected chi connectivity index (χ4v) is 3.85. The summed E-state index contributed by atoms with van der Waals surface area (Å²) in [6.07, 6.45) is 2.13. The highest BCUT2D eigenvalue weighted by atomic mass is 16.5. The monoisotopic (exact) mass is 417 g/mol. The highest BCUT2D eigenvalue weighted by Crippen LogP contribution is 2.28. The molecule has 0 aliphatic carbocycles. The van der Waals surface area contributed by atoms with E-state index >= 15 is 0 Å². The molecule has 1 fully saturated rings. The van der Waals surface area contributed by atoms with E-state index in [9.17, 15) is 4.79 Å². The molecule has 1 N–H and O–H groups in total. The molecule has 31 heavy (non-hydrogen) atoms. The number of nitrogens with one attached hydrogen (secondary N) is 1. The predicted octanol–water partition coefficient (Wildman–Crippen LogP) is 3.36. The van der Waals surface area contributed by atoms with Gasteiger partial charge in [-0.15, -0.1) is 0 Å². The standard InChI is InChI=1S/C23H23N5O3/c1-15-6-4-7-16(12-15)22-25-23(31-27-22)21-18-9-2-3-10-19(18)28(26-21)14-20(29)24-13-17-8-5-11-30-17/h2-4,6-7,9-10,12,17H,5,8,11,13-14H2,1H3,(H,24,29)/t17-/m0/s1. The van der Waals surface area contributed by atoms with Crippen LogP contribution < -0.4 is 5.32 Å². The van der Waals surface area contributed by atoms with Gasteiger partial charge in [-0.05, 0) is 31.9 Å². The topological polar surface area (TPSA) is 95.1 Å². The van der Waals surface area contributed by atoms with Crippen LogP contribution in [0, 0.1) is 6.92 Å². The summed E-state index contributed by atoms with van der Waals surface area (Å²) in [6, 6.07) is 15.6. The van der Waals surface area contributed by atoms with Crippen molar-refractivity contribution in [1.29, 1.82) is 0 Å². The number of benzene rings is 2. The molecule has 1 atom stereocenters. The lowest BCUT2D eigenvalue weighted by Gasteiger charge is -2.11. The van der Waals surface area contributed by atoms with Gasteiger partial charge in [-0.1, -0.05) is 47.1 Å². The number of hydrogen-bond donors (Lipinski definition) is 1. The van der Waals surface area contributed by atoms with Gasteiger partial charge in [0.2, 0.25) is 11.7 Å². The number of carbonyl (C=O) groups excluding carboxylic acids is 1. The van der Waals surface area contributed by atoms with Gasteiger partial charge in [0.15, 0.2) is 5.69 Å². The normalized spacial score (nSPS) is 16.1. The van der Waals surface area contributed by atoms with Gasteiger partial charge in [-0.3, -0.25) is 9.48 Å². The number of aromatic nitrogens is 4. The molecule has 2 aromatic carbocycles. The number of carbonyl (C=O) groups is 1. The molecule has 1 amide bonds. The molecule has 0 saturated carbocycles. The Morgan fingerprint density at radius 2 is 2.13 bits per heavy atom. The fraction of sp³-hybridized carbons (Fsp3) is 0.304. The number of nitrogens with zero attached hydrogens (tertiary/aromatic N) is 4. The maximum Gasteiger partial charge on any atom is 0.279 e. The van der Waals surface area contributed by atoms with Crippen LogP contribution in [-0.2, 0) is 16.1 Å². The Hall–Kier alpha value is -3.52. The third-order valence-electron chi connectivity index (χ3n) is 5.41. The van der Waals surface area contributed by atoms with Crippen LogP contribution >= 0.6 is 0 Å². The lowest BCUT2D eigenvalue weighted by molar-refractivity contribution is -0.122. The Bertz CT molecular complexity index is 1220. The first kappa shape index (κ1) is 19.4. The Labute approximate surface area is 179 Å². The highest BCUT2D eigenvalue weighted by molar-refractivity contribution is 5.92. The number of rotatable bonds is 6. The molecule has 8 nitrogen and oxygen atoms in total. The van der Waals surface area contributed by atoms with Crippen molar-refractivity contribution < 1.29 is 14.1 Å². The predicted molar refractivity (Wildman–Crippen MR) is 115 cm³/mol. The second-order valence-electron chi connectivity index (χ2n) is 7.76. The zero-order valence-electron chi connectivity index (χ0n) is 17.2. The quantitative estimate of drug-likeness (QED) is 0.517. The van der Waals surface area contributed by atoms with E-state index in [-0.39, 0.29) is 18.6 Å². The summed E-state index contributed by atoms with van der Waals surface area (Å²) in [7, 11) is 0. The van der Waals surface area contributed by atoms with E-state index in [0.717, 1.165) is 41.5 Å². The van der Waals surface area contributed by atoms with Crippen LogP contribution in [0.25, 0.3) is 33.9 Å². The maximum absolute atomic E-state index is 12.5. The molecular formula is C23H23N5O3. The molecule has 0 bridgehead atoms. The molecular weight excluding hydrogens is 394 g/mol. The van der Waals surface area contributed by atoms with Crippen LogP contribution in [0.5, 0.6) is 0 Å². The van der Waals surface area contributed by atoms with Crippen molar-refractivity contribution in [2.45, 2.75) is 32.4 Å². The van der Waals surface area contributed by atoms with E-state index in [1.165, 1.54) is 0 Å². The first-order valence-electron chi connectivity index (χ1n) is 10.4. The summed E-state index contributed by atoms with van der Waals surface area (Å²) >= 11 is 0. The van der Waals surface area contributed by atoms with Crippen molar-refractivity contribution in [3.8, 4) is 23.0 Å². The number of hydrogen-bond acceptors (Lipinski definition) is 6. The Morgan fingerprint density at radius 1 is 1.23 bits per heavy atom. The SMILES string of the molecule is Cc1cccc(-c2noc(-c3nn(CC(=O)NC[C@@H]4CCCO4)c4ccccc34)n2)c1. The molecule has 8 heteroatoms. The van der Waals surface area contributed by atoms with Crippen LogP contribution in [0.2, 0.25) is 0 Å². The van der Waals surface area contributed by atoms with Crippen molar-refractivity contribution in [3.05, 3.63) is 54.1 Å². The van der Waals surface area contributed by atoms with Crippen LogP contribution in [0.4, 0.5) is 0 Å². The van der Waals surface area contributed by atoms with Gasteiger partial charge in [0, 0.05) is 24.1 Å². The number of aryl methyl sites for hydroxylation is 1. The molecule has 2 aromatic heterocycles. The van der Waals surface area contributed by atoms with Crippen molar-refractivity contribution in [3.63, 3.8) is 0 Å². The van der Waals surface area contributed by atoms with Gasteiger partial charge < -0.3 is 14.6 Å². The summed E-state index contributed by atoms with van der Waals surface area (Å²) in [5.41, 5.74) is 3.40. The average Bonchev–Trinajstić information content (AvgIpc) is 3.53. The molecule has 0 unspecified atom stereocenters. The Balaban J connectivity index is 1.40. The minimum atomic E-state index is -0.110. The van der Waals surface area contributed by atoms with E-state index in [1.54, 1.807) is 4.68 Å². The number of fused-ring (bicyclic) bond motifs is 1. The van der Waals surface area contributed by atoms with E-state index in [1.807, 2.05) is 55.5 Å². The van der Waals surface area contributed by atoms with Crippen molar-refractivity contribution in [2.75, 3.05) is 13.2 Å². The summed E-state index contributed by atoms with van der Waals surface area (Å²) in [5.74, 6) is 0.721. The molecule has 0 radical (unpaired) electrons. The van der Waals surface area contributed by atoms with Crippen LogP contribution in [0.1, 0.15) is 18.4 Å². The second kappa shape index (κ2) is 8.31. The first-order valence-corrected chi connectivity index (χ1v) is 10.4. The van der Waals surface area contributed by atoms with Crippen LogP contribution in [0.15, 0.2) is 53.1 Å². The summed E-state index contributed by atoms with van der Waals surface area (Å²) < 4.78 is 12.8. The molecule has 5 rings (SSSR count). The molecule has 158 valence electrons. The minimum Gasteiger partial charge on any atom is -0.376 e. The van der Waals surface area contributed by atoms with Gasteiger partial charge in [-0.25, -0.2) is 0 Å². The average molecular weight is 417 g/mol. The van der Waals surface area contributed by atoms with E-state index in [2.05, 4.69) is 20.6 Å². The third kappa shape index (κ3) is 4.06. The number of ether oxygens (including phenoxy) is 1. The van der Waals surface area contributed by atoms with Crippen molar-refractivity contribution in [1.82, 2.24) is 25.2 Å². The van der Waals surface area contributed by atoms with E-state index < -0.39 is 0 Å². The van der Waals surface area contributed by atoms with Crippen molar-refractivity contribution >= 4 is 16.8 Å². The third-order valence-corrected chi connectivity index (χ3v) is 5.41. The van der Waals surface area contributed by atoms with Gasteiger partial charge in [-0.2, -0.15) is 10.1 Å². The molecule has 4 aromatic rings. The summed E-state index contributed by atoms with van der Waals surface area (Å²) in [4.78, 5) is 17.1. The van der Waals surface area contributed by atoms with Gasteiger partial charge in [0.25, 0.3) is 5.89 Å². The number of amides is 1. The molecule has 1 aliphatic rings. The zero-order valence-corrected chi connectivity index (χ0v) is 17.2. The van der Waals surface area contributed by atoms with Crippen LogP contribution in [0.3, 0.4) is 0 Å². The zero-order chi connectivity index (χ0) is 21.2. The van der Waals surface area contributed by atoms with E-state index in [4.69, 9.17) is 9.26 Å². The summed E-state index contributed by atoms with van der Waals surface area (Å²) in [5, 5.41) is 12.6. The first-order chi connectivity index (χ1) is 15.2. The smallest absolute Gasteiger partial charge is 0.279 e. The van der Waals surface area contributed by atoms with Gasteiger partial charge in [0.1, 0.15) is 6.54 Å². The second-order valence-corrected chi connectivity index (χ2v) is 7.76. The van der Waals surface area contributed by atoms with Gasteiger partial charge in [0.05, 0.1) is 11.6 Å². The van der Waals surface area contributed by atoms with Gasteiger partial charge >= 0.3 is 0 Å². The largest absolute Gasteiger partial charge is 0.376 e. The Morgan fingerprint density at radius 3 is 2.97 bits per heavy atom. The lowest BCUT2D eigenvalue weighted by atomic mass is 10.1.